The molecule has 2 aliphatic rings. The van der Waals surface area contributed by atoms with Gasteiger partial charge in [-0.1, -0.05) is 0 Å². The fourth-order valence-electron chi connectivity index (χ4n) is 3.30. The quantitative estimate of drug-likeness (QED) is 0.787. The summed E-state index contributed by atoms with van der Waals surface area (Å²) in [5.74, 6) is -0.528. The number of H-pyrrole nitrogens is 1. The summed E-state index contributed by atoms with van der Waals surface area (Å²) < 4.78 is 19.7. The number of aromatic amines is 1. The molecule has 0 saturated carbocycles. The van der Waals surface area contributed by atoms with Crippen LogP contribution in [0.15, 0.2) is 18.2 Å². The van der Waals surface area contributed by atoms with Gasteiger partial charge in [0.05, 0.1) is 18.2 Å². The molecular formula is C16H18FN3O2. The number of fused-ring (bicyclic) bond motifs is 1. The summed E-state index contributed by atoms with van der Waals surface area (Å²) in [4.78, 5) is 15.3. The standard InChI is InChI=1S/C16H18FN3O2/c1-9-2-12(17)11-4-14(20-13(11)3-9)15(21)19-10-5-16(22-6-10)7-18-8-16/h2-4,10,18,20H,5-8H2,1H3,(H,19,21). The van der Waals surface area contributed by atoms with Gasteiger partial charge in [-0.25, -0.2) is 4.39 Å². The Bertz CT molecular complexity index is 751. The Balaban J connectivity index is 1.52. The topological polar surface area (TPSA) is 66.2 Å². The number of hydrogen-bond acceptors (Lipinski definition) is 3. The highest BCUT2D eigenvalue weighted by molar-refractivity contribution is 5.98. The second-order valence-corrected chi connectivity index (χ2v) is 6.36. The maximum atomic E-state index is 13.9. The predicted octanol–water partition coefficient (Wildman–Crippen LogP) is 1.48. The zero-order valence-corrected chi connectivity index (χ0v) is 12.3. The molecule has 1 aromatic carbocycles. The Morgan fingerprint density at radius 3 is 2.91 bits per heavy atom. The van der Waals surface area contributed by atoms with Gasteiger partial charge in [-0.3, -0.25) is 4.79 Å². The number of carbonyl (C=O) groups excluding carboxylic acids is 1. The van der Waals surface area contributed by atoms with Gasteiger partial charge in [0.2, 0.25) is 0 Å². The van der Waals surface area contributed by atoms with Crippen LogP contribution in [-0.4, -0.2) is 42.2 Å². The van der Waals surface area contributed by atoms with Gasteiger partial charge in [0.25, 0.3) is 5.91 Å². The molecule has 1 atom stereocenters. The molecule has 5 nitrogen and oxygen atoms in total. The lowest BCUT2D eigenvalue weighted by molar-refractivity contribution is -0.0360. The minimum atomic E-state index is -0.311. The van der Waals surface area contributed by atoms with E-state index in [9.17, 15) is 9.18 Å². The lowest BCUT2D eigenvalue weighted by Crippen LogP contribution is -2.59. The second-order valence-electron chi connectivity index (χ2n) is 6.36. The summed E-state index contributed by atoms with van der Waals surface area (Å²) in [5.41, 5.74) is 1.75. The van der Waals surface area contributed by atoms with Crippen molar-refractivity contribution in [1.82, 2.24) is 15.6 Å². The van der Waals surface area contributed by atoms with Crippen LogP contribution in [0.25, 0.3) is 10.9 Å². The zero-order chi connectivity index (χ0) is 15.3. The lowest BCUT2D eigenvalue weighted by atomic mass is 9.92. The highest BCUT2D eigenvalue weighted by atomic mass is 19.1. The van der Waals surface area contributed by atoms with Gasteiger partial charge in [-0.15, -0.1) is 0 Å². The van der Waals surface area contributed by atoms with Crippen molar-refractivity contribution in [3.63, 3.8) is 0 Å². The van der Waals surface area contributed by atoms with E-state index in [1.165, 1.54) is 6.07 Å². The van der Waals surface area contributed by atoms with E-state index < -0.39 is 0 Å². The number of benzene rings is 1. The maximum absolute atomic E-state index is 13.9. The van der Waals surface area contributed by atoms with Crippen molar-refractivity contribution < 1.29 is 13.9 Å². The van der Waals surface area contributed by atoms with Gasteiger partial charge in [0.1, 0.15) is 11.5 Å². The first kappa shape index (κ1) is 13.7. The summed E-state index contributed by atoms with van der Waals surface area (Å²) in [7, 11) is 0. The van der Waals surface area contributed by atoms with Gasteiger partial charge in [0, 0.05) is 30.4 Å². The van der Waals surface area contributed by atoms with E-state index in [4.69, 9.17) is 4.74 Å². The smallest absolute Gasteiger partial charge is 0.268 e. The molecule has 1 aromatic heterocycles. The number of rotatable bonds is 2. The molecule has 0 radical (unpaired) electrons. The highest BCUT2D eigenvalue weighted by Gasteiger charge is 2.45. The van der Waals surface area contributed by atoms with Crippen molar-refractivity contribution in [3.8, 4) is 0 Å². The maximum Gasteiger partial charge on any atom is 0.268 e. The largest absolute Gasteiger partial charge is 0.370 e. The van der Waals surface area contributed by atoms with Crippen LogP contribution in [0.3, 0.4) is 0 Å². The Kier molecular flexibility index (Phi) is 2.99. The SMILES string of the molecule is Cc1cc(F)c2cc(C(=O)NC3COC4(CNC4)C3)[nH]c2c1. The van der Waals surface area contributed by atoms with Crippen LogP contribution in [0.4, 0.5) is 4.39 Å². The molecule has 2 aliphatic heterocycles. The third kappa shape index (κ3) is 2.19. The number of amides is 1. The number of hydrogen-bond donors (Lipinski definition) is 3. The number of carbonyl (C=O) groups is 1. The number of halogens is 1. The van der Waals surface area contributed by atoms with E-state index in [1.54, 1.807) is 6.07 Å². The summed E-state index contributed by atoms with van der Waals surface area (Å²) in [6.07, 6.45) is 0.819. The van der Waals surface area contributed by atoms with Crippen molar-refractivity contribution in [2.24, 2.45) is 0 Å². The van der Waals surface area contributed by atoms with Crippen LogP contribution in [0.1, 0.15) is 22.5 Å². The molecule has 116 valence electrons. The average molecular weight is 303 g/mol. The Morgan fingerprint density at radius 1 is 1.41 bits per heavy atom. The van der Waals surface area contributed by atoms with E-state index in [0.29, 0.717) is 23.2 Å². The second kappa shape index (κ2) is 4.79. The van der Waals surface area contributed by atoms with Gasteiger partial charge >= 0.3 is 0 Å². The molecular weight excluding hydrogens is 285 g/mol. The van der Waals surface area contributed by atoms with E-state index in [2.05, 4.69) is 15.6 Å². The number of ether oxygens (including phenoxy) is 1. The number of aryl methyl sites for hydroxylation is 1. The normalized spacial score (nSPS) is 22.9. The third-order valence-corrected chi connectivity index (χ3v) is 4.52. The minimum absolute atomic E-state index is 0.00703. The highest BCUT2D eigenvalue weighted by Crippen LogP contribution is 2.29. The van der Waals surface area contributed by atoms with Crippen LogP contribution in [0.5, 0.6) is 0 Å². The van der Waals surface area contributed by atoms with Crippen molar-refractivity contribution in [2.75, 3.05) is 19.7 Å². The Morgan fingerprint density at radius 2 is 2.23 bits per heavy atom. The summed E-state index contributed by atoms with van der Waals surface area (Å²) in [6, 6.07) is 4.88. The third-order valence-electron chi connectivity index (χ3n) is 4.52. The summed E-state index contributed by atoms with van der Waals surface area (Å²) in [5, 5.41) is 6.60. The molecule has 0 aliphatic carbocycles. The molecule has 1 spiro atoms. The van der Waals surface area contributed by atoms with E-state index in [0.717, 1.165) is 25.1 Å². The molecule has 6 heteroatoms. The lowest BCUT2D eigenvalue weighted by Gasteiger charge is -2.38. The molecule has 2 saturated heterocycles. The van der Waals surface area contributed by atoms with Crippen LogP contribution in [0, 0.1) is 12.7 Å². The molecule has 2 fully saturated rings. The fourth-order valence-corrected chi connectivity index (χ4v) is 3.30. The molecule has 0 bridgehead atoms. The van der Waals surface area contributed by atoms with Crippen LogP contribution in [-0.2, 0) is 4.74 Å². The fraction of sp³-hybridized carbons (Fsp3) is 0.438. The van der Waals surface area contributed by atoms with Crippen molar-refractivity contribution in [1.29, 1.82) is 0 Å². The summed E-state index contributed by atoms with van der Waals surface area (Å²) >= 11 is 0. The van der Waals surface area contributed by atoms with Gasteiger partial charge in [-0.2, -0.15) is 0 Å². The van der Waals surface area contributed by atoms with E-state index >= 15 is 0 Å². The zero-order valence-electron chi connectivity index (χ0n) is 12.3. The number of nitrogens with one attached hydrogen (secondary N) is 3. The van der Waals surface area contributed by atoms with Crippen molar-refractivity contribution in [2.45, 2.75) is 25.0 Å². The van der Waals surface area contributed by atoms with Gasteiger partial charge in [-0.05, 0) is 30.7 Å². The first-order valence-electron chi connectivity index (χ1n) is 7.49. The molecule has 3 heterocycles. The van der Waals surface area contributed by atoms with E-state index in [1.807, 2.05) is 13.0 Å². The molecule has 2 aromatic rings. The van der Waals surface area contributed by atoms with E-state index in [-0.39, 0.29) is 23.4 Å². The molecule has 22 heavy (non-hydrogen) atoms. The number of aromatic nitrogens is 1. The summed E-state index contributed by atoms with van der Waals surface area (Å²) in [6.45, 7) is 4.04. The van der Waals surface area contributed by atoms with Crippen molar-refractivity contribution >= 4 is 16.8 Å². The minimum Gasteiger partial charge on any atom is -0.370 e. The average Bonchev–Trinajstić information content (AvgIpc) is 3.02. The molecule has 1 amide bonds. The predicted molar refractivity (Wildman–Crippen MR) is 80.4 cm³/mol. The van der Waals surface area contributed by atoms with Crippen LogP contribution < -0.4 is 10.6 Å². The van der Waals surface area contributed by atoms with Crippen LogP contribution in [0.2, 0.25) is 0 Å². The Labute approximate surface area is 127 Å². The monoisotopic (exact) mass is 303 g/mol. The molecule has 3 N–H and O–H groups in total. The van der Waals surface area contributed by atoms with Gasteiger partial charge < -0.3 is 20.4 Å². The van der Waals surface area contributed by atoms with Crippen LogP contribution >= 0.6 is 0 Å². The first-order chi connectivity index (χ1) is 10.5. The first-order valence-corrected chi connectivity index (χ1v) is 7.49. The van der Waals surface area contributed by atoms with Crippen molar-refractivity contribution in [3.05, 3.63) is 35.3 Å². The molecule has 4 rings (SSSR count). The van der Waals surface area contributed by atoms with Gasteiger partial charge in [0.15, 0.2) is 0 Å². The molecule has 1 unspecified atom stereocenters. The Hall–Kier alpha value is -1.92.